The molecule has 19 heavy (non-hydrogen) atoms. The average molecular weight is 319 g/mol. The van der Waals surface area contributed by atoms with E-state index >= 15 is 0 Å². The second kappa shape index (κ2) is 7.34. The Kier molecular flexibility index (Phi) is 5.46. The van der Waals surface area contributed by atoms with Crippen LogP contribution in [0.25, 0.3) is 0 Å². The summed E-state index contributed by atoms with van der Waals surface area (Å²) in [4.78, 5) is 0.525. The molecule has 0 aliphatic carbocycles. The molecular formula is C17H19BrO. The van der Waals surface area contributed by atoms with Crippen LogP contribution in [-0.2, 0) is 12.8 Å². The van der Waals surface area contributed by atoms with Crippen molar-refractivity contribution in [3.05, 3.63) is 65.7 Å². The Morgan fingerprint density at radius 1 is 0.947 bits per heavy atom. The molecule has 0 aliphatic heterocycles. The summed E-state index contributed by atoms with van der Waals surface area (Å²) in [5.41, 5.74) is 2.75. The quantitative estimate of drug-likeness (QED) is 0.705. The summed E-state index contributed by atoms with van der Waals surface area (Å²) in [5, 5.41) is 0. The van der Waals surface area contributed by atoms with Gasteiger partial charge < -0.3 is 4.74 Å². The number of hydrogen-bond donors (Lipinski definition) is 0. The van der Waals surface area contributed by atoms with Crippen molar-refractivity contribution in [3.8, 4) is 5.75 Å². The molecule has 0 spiro atoms. The molecule has 1 nitrogen and oxygen atoms in total. The lowest BCUT2D eigenvalue weighted by atomic mass is 10.0. The van der Waals surface area contributed by atoms with Crippen molar-refractivity contribution in [2.24, 2.45) is 0 Å². The number of alkyl halides is 1. The molecule has 1 atom stereocenters. The zero-order valence-corrected chi connectivity index (χ0v) is 12.8. The lowest BCUT2D eigenvalue weighted by Gasteiger charge is -2.10. The van der Waals surface area contributed by atoms with Crippen molar-refractivity contribution in [3.63, 3.8) is 0 Å². The number of halogens is 1. The first kappa shape index (κ1) is 14.1. The Morgan fingerprint density at radius 3 is 2.26 bits per heavy atom. The molecule has 0 saturated carbocycles. The highest BCUT2D eigenvalue weighted by Crippen LogP contribution is 2.18. The van der Waals surface area contributed by atoms with Crippen molar-refractivity contribution in [2.75, 3.05) is 7.11 Å². The van der Waals surface area contributed by atoms with E-state index in [0.29, 0.717) is 4.83 Å². The first-order valence-electron chi connectivity index (χ1n) is 6.59. The van der Waals surface area contributed by atoms with Crippen molar-refractivity contribution in [2.45, 2.75) is 24.1 Å². The van der Waals surface area contributed by atoms with Crippen LogP contribution >= 0.6 is 15.9 Å². The van der Waals surface area contributed by atoms with Gasteiger partial charge in [0.2, 0.25) is 0 Å². The van der Waals surface area contributed by atoms with Crippen molar-refractivity contribution in [1.29, 1.82) is 0 Å². The Balaban J connectivity index is 1.81. The molecule has 0 amide bonds. The van der Waals surface area contributed by atoms with Crippen molar-refractivity contribution >= 4 is 15.9 Å². The van der Waals surface area contributed by atoms with Gasteiger partial charge in [0.1, 0.15) is 5.75 Å². The van der Waals surface area contributed by atoms with Gasteiger partial charge in [0.15, 0.2) is 0 Å². The van der Waals surface area contributed by atoms with Crippen LogP contribution in [0.15, 0.2) is 54.6 Å². The molecule has 2 aromatic rings. The minimum Gasteiger partial charge on any atom is -0.497 e. The molecule has 2 heteroatoms. The van der Waals surface area contributed by atoms with Crippen molar-refractivity contribution in [1.82, 2.24) is 0 Å². The van der Waals surface area contributed by atoms with E-state index in [1.165, 1.54) is 11.1 Å². The second-order valence-electron chi connectivity index (χ2n) is 4.67. The lowest BCUT2D eigenvalue weighted by Crippen LogP contribution is -2.04. The molecule has 0 saturated heterocycles. The Bertz CT molecular complexity index is 478. The minimum absolute atomic E-state index is 0.525. The van der Waals surface area contributed by atoms with E-state index < -0.39 is 0 Å². The highest BCUT2D eigenvalue weighted by molar-refractivity contribution is 9.09. The Labute approximate surface area is 123 Å². The number of hydrogen-bond acceptors (Lipinski definition) is 1. The fraction of sp³-hybridized carbons (Fsp3) is 0.294. The summed E-state index contributed by atoms with van der Waals surface area (Å²) in [6.07, 6.45) is 3.31. The molecule has 0 aromatic heterocycles. The first-order chi connectivity index (χ1) is 9.28. The Morgan fingerprint density at radius 2 is 1.63 bits per heavy atom. The second-order valence-corrected chi connectivity index (χ2v) is 5.97. The molecule has 2 aromatic carbocycles. The molecule has 1 unspecified atom stereocenters. The lowest BCUT2D eigenvalue weighted by molar-refractivity contribution is 0.414. The summed E-state index contributed by atoms with van der Waals surface area (Å²) in [6, 6.07) is 18.9. The normalized spacial score (nSPS) is 12.1. The van der Waals surface area contributed by atoms with Crippen LogP contribution in [0.2, 0.25) is 0 Å². The fourth-order valence-corrected chi connectivity index (χ4v) is 2.69. The molecule has 100 valence electrons. The molecular weight excluding hydrogens is 300 g/mol. The molecule has 0 radical (unpaired) electrons. The molecule has 0 aliphatic rings. The van der Waals surface area contributed by atoms with E-state index in [9.17, 15) is 0 Å². The van der Waals surface area contributed by atoms with Crippen LogP contribution in [0, 0.1) is 0 Å². The maximum absolute atomic E-state index is 5.16. The van der Waals surface area contributed by atoms with Gasteiger partial charge in [0, 0.05) is 4.83 Å². The Hall–Kier alpha value is -1.28. The van der Waals surface area contributed by atoms with Crippen LogP contribution in [-0.4, -0.2) is 11.9 Å². The van der Waals surface area contributed by atoms with E-state index in [-0.39, 0.29) is 0 Å². The van der Waals surface area contributed by atoms with Gasteiger partial charge >= 0.3 is 0 Å². The van der Waals surface area contributed by atoms with Gasteiger partial charge in [-0.3, -0.25) is 0 Å². The SMILES string of the molecule is COc1ccc(CCC(Br)Cc2ccccc2)cc1. The van der Waals surface area contributed by atoms with Crippen molar-refractivity contribution < 1.29 is 4.74 Å². The summed E-state index contributed by atoms with van der Waals surface area (Å²) < 4.78 is 5.16. The van der Waals surface area contributed by atoms with Crippen LogP contribution in [0.1, 0.15) is 17.5 Å². The molecule has 0 fully saturated rings. The summed E-state index contributed by atoms with van der Waals surface area (Å²) >= 11 is 3.78. The van der Waals surface area contributed by atoms with E-state index in [1.807, 2.05) is 12.1 Å². The predicted octanol–water partition coefficient (Wildman–Crippen LogP) is 4.63. The number of aryl methyl sites for hydroxylation is 1. The van der Waals surface area contributed by atoms with Crippen LogP contribution in [0.5, 0.6) is 5.75 Å². The zero-order chi connectivity index (χ0) is 13.5. The van der Waals surface area contributed by atoms with E-state index in [2.05, 4.69) is 58.4 Å². The van der Waals surface area contributed by atoms with Gasteiger partial charge in [0.05, 0.1) is 7.11 Å². The molecule has 2 rings (SSSR count). The number of ether oxygens (including phenoxy) is 1. The van der Waals surface area contributed by atoms with Crippen LogP contribution in [0.3, 0.4) is 0 Å². The van der Waals surface area contributed by atoms with Gasteiger partial charge in [0.25, 0.3) is 0 Å². The van der Waals surface area contributed by atoms with E-state index in [1.54, 1.807) is 7.11 Å². The molecule has 0 heterocycles. The topological polar surface area (TPSA) is 9.23 Å². The summed E-state index contributed by atoms with van der Waals surface area (Å²) in [5.74, 6) is 0.920. The third-order valence-electron chi connectivity index (χ3n) is 3.21. The van der Waals surface area contributed by atoms with E-state index in [4.69, 9.17) is 4.74 Å². The van der Waals surface area contributed by atoms with Gasteiger partial charge in [-0.15, -0.1) is 0 Å². The standard InChI is InChI=1S/C17H19BrO/c1-19-17-11-8-14(9-12-17)7-10-16(18)13-15-5-3-2-4-6-15/h2-6,8-9,11-12,16H,7,10,13H2,1H3. The number of rotatable bonds is 6. The first-order valence-corrected chi connectivity index (χ1v) is 7.50. The molecule has 0 N–H and O–H groups in total. The third-order valence-corrected chi connectivity index (χ3v) is 3.99. The maximum atomic E-state index is 5.16. The molecule has 0 bridgehead atoms. The van der Waals surface area contributed by atoms with Gasteiger partial charge in [-0.1, -0.05) is 58.4 Å². The highest BCUT2D eigenvalue weighted by atomic mass is 79.9. The van der Waals surface area contributed by atoms with Gasteiger partial charge in [-0.25, -0.2) is 0 Å². The van der Waals surface area contributed by atoms with Gasteiger partial charge in [-0.2, -0.15) is 0 Å². The van der Waals surface area contributed by atoms with Gasteiger partial charge in [-0.05, 0) is 42.5 Å². The number of benzene rings is 2. The predicted molar refractivity (Wildman–Crippen MR) is 84.2 cm³/mol. The number of methoxy groups -OCH3 is 1. The third kappa shape index (κ3) is 4.71. The monoisotopic (exact) mass is 318 g/mol. The van der Waals surface area contributed by atoms with Crippen LogP contribution in [0.4, 0.5) is 0 Å². The van der Waals surface area contributed by atoms with E-state index in [0.717, 1.165) is 25.0 Å². The summed E-state index contributed by atoms with van der Waals surface area (Å²) in [7, 11) is 1.70. The minimum atomic E-state index is 0.525. The fourth-order valence-electron chi connectivity index (χ4n) is 2.09. The maximum Gasteiger partial charge on any atom is 0.118 e. The summed E-state index contributed by atoms with van der Waals surface area (Å²) in [6.45, 7) is 0. The zero-order valence-electron chi connectivity index (χ0n) is 11.2. The largest absolute Gasteiger partial charge is 0.497 e. The smallest absolute Gasteiger partial charge is 0.118 e. The average Bonchev–Trinajstić information content (AvgIpc) is 2.47. The van der Waals surface area contributed by atoms with Crippen LogP contribution < -0.4 is 4.74 Å². The highest BCUT2D eigenvalue weighted by Gasteiger charge is 2.06.